The van der Waals surface area contributed by atoms with Gasteiger partial charge in [0.1, 0.15) is 11.8 Å². The first-order valence-electron chi connectivity index (χ1n) is 11.2. The fourth-order valence-corrected chi connectivity index (χ4v) is 6.33. The molecular weight excluding hydrogens is 456 g/mol. The topological polar surface area (TPSA) is 127 Å². The number of carboxylic acids is 1. The van der Waals surface area contributed by atoms with Gasteiger partial charge in [-0.05, 0) is 43.9 Å². The Labute approximate surface area is 202 Å². The van der Waals surface area contributed by atoms with E-state index in [1.807, 2.05) is 30.3 Å². The third-order valence-corrected chi connectivity index (χ3v) is 8.43. The molecule has 3 atom stereocenters. The standard InChI is InChI=1S/C25H28N2O6S/c1-15-17(9-5-10-19(15)28)22(30)26-18(13-16-7-3-2-4-8-16)20(29)23(31)27-14-34-25(11-6-12-25)21(27)24(32)33/h2-5,7-10,18,20-21,28-29H,6,11-14H2,1H3,(H,26,30)(H,32,33)/t18-,20-,21?/m0/s1. The summed E-state index contributed by atoms with van der Waals surface area (Å²) in [6, 6.07) is 11.7. The maximum Gasteiger partial charge on any atom is 0.327 e. The number of aliphatic hydroxyl groups is 1. The average molecular weight is 485 g/mol. The maximum absolute atomic E-state index is 13.4. The second kappa shape index (κ2) is 9.68. The summed E-state index contributed by atoms with van der Waals surface area (Å²) in [7, 11) is 0. The molecule has 1 heterocycles. The van der Waals surface area contributed by atoms with Crippen LogP contribution >= 0.6 is 11.8 Å². The number of phenolic OH excluding ortho intramolecular Hbond substituents is 1. The van der Waals surface area contributed by atoms with Crippen molar-refractivity contribution in [3.05, 3.63) is 65.2 Å². The van der Waals surface area contributed by atoms with E-state index >= 15 is 0 Å². The molecular formula is C25H28N2O6S. The molecule has 1 unspecified atom stereocenters. The van der Waals surface area contributed by atoms with E-state index < -0.39 is 40.7 Å². The van der Waals surface area contributed by atoms with Gasteiger partial charge in [-0.2, -0.15) is 0 Å². The Balaban J connectivity index is 1.59. The van der Waals surface area contributed by atoms with Crippen molar-refractivity contribution in [3.8, 4) is 5.75 Å². The summed E-state index contributed by atoms with van der Waals surface area (Å²) in [5, 5.41) is 33.7. The van der Waals surface area contributed by atoms with Crippen LogP contribution < -0.4 is 5.32 Å². The van der Waals surface area contributed by atoms with Crippen molar-refractivity contribution in [2.24, 2.45) is 0 Å². The van der Waals surface area contributed by atoms with Crippen molar-refractivity contribution < 1.29 is 29.7 Å². The van der Waals surface area contributed by atoms with Crippen molar-refractivity contribution in [3.63, 3.8) is 0 Å². The highest BCUT2D eigenvalue weighted by Crippen LogP contribution is 2.53. The highest BCUT2D eigenvalue weighted by molar-refractivity contribution is 8.01. The predicted octanol–water partition coefficient (Wildman–Crippen LogP) is 2.31. The van der Waals surface area contributed by atoms with Crippen molar-refractivity contribution >= 4 is 29.5 Å². The number of thioether (sulfide) groups is 1. The van der Waals surface area contributed by atoms with Crippen LogP contribution in [-0.4, -0.2) is 66.8 Å². The smallest absolute Gasteiger partial charge is 0.327 e. The van der Waals surface area contributed by atoms with Gasteiger partial charge in [-0.1, -0.05) is 42.8 Å². The fraction of sp³-hybridized carbons (Fsp3) is 0.400. The lowest BCUT2D eigenvalue weighted by Gasteiger charge is -2.41. The minimum Gasteiger partial charge on any atom is -0.508 e. The third-order valence-electron chi connectivity index (χ3n) is 6.82. The summed E-state index contributed by atoms with van der Waals surface area (Å²) in [4.78, 5) is 39.7. The molecule has 0 bridgehead atoms. The second-order valence-electron chi connectivity index (χ2n) is 8.90. The zero-order valence-corrected chi connectivity index (χ0v) is 19.6. The zero-order chi connectivity index (χ0) is 24.5. The van der Waals surface area contributed by atoms with Gasteiger partial charge in [0, 0.05) is 15.9 Å². The predicted molar refractivity (Wildman–Crippen MR) is 128 cm³/mol. The molecule has 0 aromatic heterocycles. The van der Waals surface area contributed by atoms with Gasteiger partial charge in [-0.15, -0.1) is 11.8 Å². The first kappa shape index (κ1) is 24.1. The normalized spacial score (nSPS) is 20.4. The Bertz CT molecular complexity index is 1090. The molecule has 2 aromatic rings. The number of aliphatic carboxylic acids is 1. The van der Waals surface area contributed by atoms with Crippen LogP contribution in [-0.2, 0) is 16.0 Å². The molecule has 2 amide bonds. The Morgan fingerprint density at radius 3 is 2.47 bits per heavy atom. The number of rotatable bonds is 7. The van der Waals surface area contributed by atoms with Gasteiger partial charge in [0.25, 0.3) is 11.8 Å². The molecule has 1 saturated carbocycles. The molecule has 1 aliphatic heterocycles. The summed E-state index contributed by atoms with van der Waals surface area (Å²) in [5.74, 6) is -2.18. The number of aliphatic hydroxyl groups excluding tert-OH is 1. The van der Waals surface area contributed by atoms with E-state index in [1.54, 1.807) is 19.1 Å². The molecule has 180 valence electrons. The number of nitrogens with zero attached hydrogens (tertiary/aromatic N) is 1. The minimum absolute atomic E-state index is 0.0342. The molecule has 1 aliphatic carbocycles. The van der Waals surface area contributed by atoms with Crippen LogP contribution in [0.4, 0.5) is 0 Å². The number of carboxylic acid groups (broad SMARTS) is 1. The van der Waals surface area contributed by atoms with Gasteiger partial charge in [0.2, 0.25) is 0 Å². The van der Waals surface area contributed by atoms with Gasteiger partial charge < -0.3 is 25.5 Å². The number of phenols is 1. The summed E-state index contributed by atoms with van der Waals surface area (Å²) in [6.07, 6.45) is 0.878. The van der Waals surface area contributed by atoms with E-state index in [2.05, 4.69) is 5.32 Å². The molecule has 1 saturated heterocycles. The van der Waals surface area contributed by atoms with E-state index in [-0.39, 0.29) is 23.6 Å². The SMILES string of the molecule is Cc1c(O)cccc1C(=O)N[C@@H](Cc1ccccc1)[C@H](O)C(=O)N1CSC2(CCC2)C1C(=O)O. The zero-order valence-electron chi connectivity index (χ0n) is 18.8. The number of hydrogen-bond acceptors (Lipinski definition) is 6. The molecule has 9 heteroatoms. The number of amides is 2. The number of aromatic hydroxyl groups is 1. The summed E-state index contributed by atoms with van der Waals surface area (Å²) < 4.78 is -0.502. The largest absolute Gasteiger partial charge is 0.508 e. The lowest BCUT2D eigenvalue weighted by atomic mass is 9.78. The van der Waals surface area contributed by atoms with Crippen LogP contribution in [0.15, 0.2) is 48.5 Å². The summed E-state index contributed by atoms with van der Waals surface area (Å²) in [5.41, 5.74) is 1.41. The Hall–Kier alpha value is -3.04. The van der Waals surface area contributed by atoms with E-state index in [9.17, 15) is 29.7 Å². The summed E-state index contributed by atoms with van der Waals surface area (Å²) in [6.45, 7) is 1.61. The highest BCUT2D eigenvalue weighted by Gasteiger charge is 2.57. The molecule has 4 N–H and O–H groups in total. The van der Waals surface area contributed by atoms with Crippen LogP contribution in [0, 0.1) is 6.92 Å². The molecule has 2 aliphatic rings. The van der Waals surface area contributed by atoms with Gasteiger partial charge in [0.05, 0.1) is 11.9 Å². The van der Waals surface area contributed by atoms with Crippen molar-refractivity contribution in [2.75, 3.05) is 5.88 Å². The van der Waals surface area contributed by atoms with E-state index in [0.29, 0.717) is 5.56 Å². The first-order chi connectivity index (χ1) is 16.2. The van der Waals surface area contributed by atoms with E-state index in [0.717, 1.165) is 24.8 Å². The lowest BCUT2D eigenvalue weighted by Crippen LogP contribution is -2.59. The van der Waals surface area contributed by atoms with Crippen LogP contribution in [0.2, 0.25) is 0 Å². The van der Waals surface area contributed by atoms with Gasteiger partial charge in [-0.25, -0.2) is 4.79 Å². The molecule has 1 spiro atoms. The van der Waals surface area contributed by atoms with Gasteiger partial charge in [-0.3, -0.25) is 9.59 Å². The van der Waals surface area contributed by atoms with Crippen LogP contribution in [0.3, 0.4) is 0 Å². The van der Waals surface area contributed by atoms with E-state index in [1.165, 1.54) is 22.7 Å². The number of carbonyl (C=O) groups is 3. The van der Waals surface area contributed by atoms with Crippen LogP contribution in [0.1, 0.15) is 40.7 Å². The van der Waals surface area contributed by atoms with Crippen LogP contribution in [0.5, 0.6) is 5.75 Å². The van der Waals surface area contributed by atoms with Crippen LogP contribution in [0.25, 0.3) is 0 Å². The van der Waals surface area contributed by atoms with E-state index in [4.69, 9.17) is 0 Å². The molecule has 2 fully saturated rings. The monoisotopic (exact) mass is 484 g/mol. The summed E-state index contributed by atoms with van der Waals surface area (Å²) >= 11 is 1.45. The Morgan fingerprint density at radius 1 is 1.15 bits per heavy atom. The highest BCUT2D eigenvalue weighted by atomic mass is 32.2. The van der Waals surface area contributed by atoms with Gasteiger partial charge in [0.15, 0.2) is 6.10 Å². The van der Waals surface area contributed by atoms with Crippen molar-refractivity contribution in [1.82, 2.24) is 10.2 Å². The number of benzene rings is 2. The average Bonchev–Trinajstić information content (AvgIpc) is 3.22. The number of nitrogens with one attached hydrogen (secondary N) is 1. The number of carbonyl (C=O) groups excluding carboxylic acids is 2. The quantitative estimate of drug-likeness (QED) is 0.475. The maximum atomic E-state index is 13.4. The van der Waals surface area contributed by atoms with Crippen molar-refractivity contribution in [2.45, 2.75) is 55.5 Å². The van der Waals surface area contributed by atoms with Gasteiger partial charge >= 0.3 is 5.97 Å². The molecule has 4 rings (SSSR count). The number of hydrogen-bond donors (Lipinski definition) is 4. The fourth-order valence-electron chi connectivity index (χ4n) is 4.69. The third kappa shape index (κ3) is 4.50. The first-order valence-corrected chi connectivity index (χ1v) is 12.2. The molecule has 8 nitrogen and oxygen atoms in total. The Kier molecular flexibility index (Phi) is 6.86. The second-order valence-corrected chi connectivity index (χ2v) is 10.3. The molecule has 34 heavy (non-hydrogen) atoms. The van der Waals surface area contributed by atoms with Crippen molar-refractivity contribution in [1.29, 1.82) is 0 Å². The molecule has 2 aromatic carbocycles. The Morgan fingerprint density at radius 2 is 1.85 bits per heavy atom. The lowest BCUT2D eigenvalue weighted by molar-refractivity contribution is -0.155. The molecule has 0 radical (unpaired) electrons. The minimum atomic E-state index is -1.64.